The fourth-order valence-corrected chi connectivity index (χ4v) is 1.82. The molecule has 0 radical (unpaired) electrons. The third-order valence-electron chi connectivity index (χ3n) is 3.07. The molecule has 0 saturated heterocycles. The van der Waals surface area contributed by atoms with E-state index in [9.17, 15) is 9.59 Å². The molecule has 6 nitrogen and oxygen atoms in total. The average Bonchev–Trinajstić information content (AvgIpc) is 2.91. The first-order valence-corrected chi connectivity index (χ1v) is 7.28. The average molecular weight is 296 g/mol. The van der Waals surface area contributed by atoms with Crippen LogP contribution in [0.5, 0.6) is 0 Å². The largest absolute Gasteiger partial charge is 0.464 e. The predicted molar refractivity (Wildman–Crippen MR) is 77.6 cm³/mol. The van der Waals surface area contributed by atoms with Gasteiger partial charge >= 0.3 is 5.97 Å². The van der Waals surface area contributed by atoms with Gasteiger partial charge in [0.1, 0.15) is 6.26 Å². The molecular weight excluding hydrogens is 272 g/mol. The Morgan fingerprint density at radius 1 is 1.43 bits per heavy atom. The fourth-order valence-electron chi connectivity index (χ4n) is 1.82. The molecule has 21 heavy (non-hydrogen) atoms. The third-order valence-corrected chi connectivity index (χ3v) is 3.07. The van der Waals surface area contributed by atoms with E-state index in [1.54, 1.807) is 4.90 Å². The molecule has 118 valence electrons. The number of carbonyl (C=O) groups is 2. The highest BCUT2D eigenvalue weighted by Crippen LogP contribution is 2.11. The summed E-state index contributed by atoms with van der Waals surface area (Å²) < 4.78 is 9.82. The van der Waals surface area contributed by atoms with Crippen molar-refractivity contribution in [2.24, 2.45) is 5.92 Å². The van der Waals surface area contributed by atoms with E-state index >= 15 is 0 Å². The molecule has 1 aromatic heterocycles. The minimum atomic E-state index is -0.543. The van der Waals surface area contributed by atoms with Gasteiger partial charge in [0.25, 0.3) is 0 Å². The highest BCUT2D eigenvalue weighted by molar-refractivity contribution is 5.86. The second-order valence-corrected chi connectivity index (χ2v) is 5.37. The highest BCUT2D eigenvalue weighted by atomic mass is 16.5. The number of esters is 1. The van der Waals surface area contributed by atoms with Crippen LogP contribution < -0.4 is 0 Å². The van der Waals surface area contributed by atoms with Gasteiger partial charge in [-0.3, -0.25) is 4.79 Å². The maximum Gasteiger partial charge on any atom is 0.360 e. The summed E-state index contributed by atoms with van der Waals surface area (Å²) in [6, 6.07) is 0. The van der Waals surface area contributed by atoms with Gasteiger partial charge in [-0.25, -0.2) is 9.78 Å². The quantitative estimate of drug-likeness (QED) is 0.689. The van der Waals surface area contributed by atoms with Crippen molar-refractivity contribution in [1.82, 2.24) is 9.88 Å². The Balaban J connectivity index is 2.72. The molecule has 0 aliphatic carbocycles. The number of methoxy groups -OCH3 is 1. The van der Waals surface area contributed by atoms with E-state index in [1.807, 2.05) is 6.92 Å². The van der Waals surface area contributed by atoms with E-state index in [0.29, 0.717) is 24.8 Å². The molecule has 0 saturated carbocycles. The van der Waals surface area contributed by atoms with Crippen molar-refractivity contribution < 1.29 is 18.7 Å². The van der Waals surface area contributed by atoms with Gasteiger partial charge in [-0.2, -0.15) is 0 Å². The van der Waals surface area contributed by atoms with Crippen LogP contribution in [0.1, 0.15) is 56.4 Å². The van der Waals surface area contributed by atoms with Crippen molar-refractivity contribution in [1.29, 1.82) is 0 Å². The maximum absolute atomic E-state index is 12.1. The van der Waals surface area contributed by atoms with Gasteiger partial charge in [-0.15, -0.1) is 0 Å². The van der Waals surface area contributed by atoms with Gasteiger partial charge in [0.15, 0.2) is 5.69 Å². The minimum Gasteiger partial charge on any atom is -0.464 e. The normalized spacial score (nSPS) is 10.7. The highest BCUT2D eigenvalue weighted by Gasteiger charge is 2.18. The topological polar surface area (TPSA) is 72.6 Å². The number of hydrogen-bond acceptors (Lipinski definition) is 5. The lowest BCUT2D eigenvalue weighted by atomic mass is 10.1. The van der Waals surface area contributed by atoms with Gasteiger partial charge in [0.05, 0.1) is 13.7 Å². The number of aromatic nitrogens is 1. The molecule has 6 heteroatoms. The van der Waals surface area contributed by atoms with E-state index in [1.165, 1.54) is 13.4 Å². The fraction of sp³-hybridized carbons (Fsp3) is 0.667. The van der Waals surface area contributed by atoms with Crippen molar-refractivity contribution >= 4 is 11.9 Å². The SMILES string of the molecule is CCCC(=O)N(CCC(C)C)Cc1nc(C(=O)OC)co1. The van der Waals surface area contributed by atoms with Crippen LogP contribution in [0.3, 0.4) is 0 Å². The van der Waals surface area contributed by atoms with Crippen LogP contribution in [0.4, 0.5) is 0 Å². The van der Waals surface area contributed by atoms with Gasteiger partial charge < -0.3 is 14.1 Å². The Hall–Kier alpha value is -1.85. The summed E-state index contributed by atoms with van der Waals surface area (Å²) in [4.78, 5) is 29.2. The van der Waals surface area contributed by atoms with Crippen LogP contribution in [0.2, 0.25) is 0 Å². The summed E-state index contributed by atoms with van der Waals surface area (Å²) in [5.74, 6) is 0.398. The number of oxazole rings is 1. The predicted octanol–water partition coefficient (Wildman–Crippen LogP) is 2.64. The van der Waals surface area contributed by atoms with Crippen LogP contribution in [0.25, 0.3) is 0 Å². The molecule has 0 N–H and O–H groups in total. The lowest BCUT2D eigenvalue weighted by Crippen LogP contribution is -2.32. The summed E-state index contributed by atoms with van der Waals surface area (Å²) in [6.07, 6.45) is 3.48. The van der Waals surface area contributed by atoms with Gasteiger partial charge in [-0.1, -0.05) is 20.8 Å². The Morgan fingerprint density at radius 3 is 2.71 bits per heavy atom. The molecule has 0 bridgehead atoms. The van der Waals surface area contributed by atoms with Crippen LogP contribution in [-0.4, -0.2) is 35.4 Å². The van der Waals surface area contributed by atoms with Crippen LogP contribution >= 0.6 is 0 Å². The summed E-state index contributed by atoms with van der Waals surface area (Å²) in [5.41, 5.74) is 0.124. The lowest BCUT2D eigenvalue weighted by molar-refractivity contribution is -0.132. The molecule has 0 aromatic carbocycles. The van der Waals surface area contributed by atoms with E-state index in [0.717, 1.165) is 12.8 Å². The number of rotatable bonds is 8. The van der Waals surface area contributed by atoms with Crippen molar-refractivity contribution in [3.05, 3.63) is 17.8 Å². The van der Waals surface area contributed by atoms with Crippen molar-refractivity contribution in [2.75, 3.05) is 13.7 Å². The molecule has 1 rings (SSSR count). The van der Waals surface area contributed by atoms with Crippen LogP contribution in [-0.2, 0) is 16.1 Å². The standard InChI is InChI=1S/C15H24N2O4/c1-5-6-14(18)17(8-7-11(2)3)9-13-16-12(10-21-13)15(19)20-4/h10-11H,5-9H2,1-4H3. The first kappa shape index (κ1) is 17.2. The van der Waals surface area contributed by atoms with Crippen molar-refractivity contribution in [2.45, 2.75) is 46.6 Å². The Labute approximate surface area is 125 Å². The zero-order valence-electron chi connectivity index (χ0n) is 13.2. The Morgan fingerprint density at radius 2 is 2.14 bits per heavy atom. The molecular formula is C15H24N2O4. The van der Waals surface area contributed by atoms with E-state index in [-0.39, 0.29) is 18.1 Å². The molecule has 0 atom stereocenters. The van der Waals surface area contributed by atoms with Gasteiger partial charge in [-0.05, 0) is 18.8 Å². The summed E-state index contributed by atoms with van der Waals surface area (Å²) >= 11 is 0. The van der Waals surface area contributed by atoms with Crippen LogP contribution in [0, 0.1) is 5.92 Å². The van der Waals surface area contributed by atoms with E-state index < -0.39 is 5.97 Å². The monoisotopic (exact) mass is 296 g/mol. The number of hydrogen-bond donors (Lipinski definition) is 0. The smallest absolute Gasteiger partial charge is 0.360 e. The summed E-state index contributed by atoms with van der Waals surface area (Å²) in [6.45, 7) is 7.14. The van der Waals surface area contributed by atoms with Gasteiger partial charge in [0.2, 0.25) is 11.8 Å². The molecule has 0 unspecified atom stereocenters. The molecule has 0 spiro atoms. The zero-order chi connectivity index (χ0) is 15.8. The second kappa shape index (κ2) is 8.44. The molecule has 1 amide bonds. The number of ether oxygens (including phenoxy) is 1. The molecule has 0 aliphatic heterocycles. The molecule has 1 heterocycles. The van der Waals surface area contributed by atoms with Crippen LogP contribution in [0.15, 0.2) is 10.7 Å². The lowest BCUT2D eigenvalue weighted by Gasteiger charge is -2.22. The maximum atomic E-state index is 12.1. The molecule has 1 aromatic rings. The first-order chi connectivity index (χ1) is 9.97. The third kappa shape index (κ3) is 5.57. The molecule has 0 fully saturated rings. The Bertz CT molecular complexity index is 468. The molecule has 0 aliphatic rings. The summed E-state index contributed by atoms with van der Waals surface area (Å²) in [5, 5.41) is 0. The first-order valence-electron chi connectivity index (χ1n) is 7.28. The van der Waals surface area contributed by atoms with Crippen molar-refractivity contribution in [3.63, 3.8) is 0 Å². The van der Waals surface area contributed by atoms with Gasteiger partial charge in [0, 0.05) is 13.0 Å². The van der Waals surface area contributed by atoms with E-state index in [4.69, 9.17) is 4.42 Å². The number of carbonyl (C=O) groups excluding carboxylic acids is 2. The van der Waals surface area contributed by atoms with E-state index in [2.05, 4.69) is 23.6 Å². The summed E-state index contributed by atoms with van der Waals surface area (Å²) in [7, 11) is 1.29. The number of amides is 1. The zero-order valence-corrected chi connectivity index (χ0v) is 13.2. The Kier molecular flexibility index (Phi) is 6.91. The second-order valence-electron chi connectivity index (χ2n) is 5.37. The number of nitrogens with zero attached hydrogens (tertiary/aromatic N) is 2. The van der Waals surface area contributed by atoms with Crippen molar-refractivity contribution in [3.8, 4) is 0 Å². The minimum absolute atomic E-state index is 0.0796.